The highest BCUT2D eigenvalue weighted by Gasteiger charge is 2.12. The van der Waals surface area contributed by atoms with E-state index in [9.17, 15) is 8.42 Å². The van der Waals surface area contributed by atoms with Gasteiger partial charge in [0.25, 0.3) is 0 Å². The van der Waals surface area contributed by atoms with E-state index < -0.39 is 10.0 Å². The number of sulfonamides is 1. The molecule has 2 heterocycles. The van der Waals surface area contributed by atoms with Gasteiger partial charge in [0, 0.05) is 31.7 Å². The maximum Gasteiger partial charge on any atom is 0.215 e. The van der Waals surface area contributed by atoms with Crippen molar-refractivity contribution in [2.24, 2.45) is 0 Å². The highest BCUT2D eigenvalue weighted by molar-refractivity contribution is 7.88. The second-order valence-corrected chi connectivity index (χ2v) is 7.11. The number of nitrogens with zero attached hydrogens (tertiary/aromatic N) is 3. The Labute approximate surface area is 141 Å². The van der Waals surface area contributed by atoms with Gasteiger partial charge < -0.3 is 4.57 Å². The van der Waals surface area contributed by atoms with Gasteiger partial charge in [0.1, 0.15) is 5.69 Å². The molecule has 0 radical (unpaired) electrons. The minimum Gasteiger partial charge on any atom is -0.328 e. The fourth-order valence-electron chi connectivity index (χ4n) is 2.38. The molecule has 0 aliphatic rings. The van der Waals surface area contributed by atoms with Gasteiger partial charge in [0.15, 0.2) is 5.82 Å². The van der Waals surface area contributed by atoms with Gasteiger partial charge in [-0.15, -0.1) is 0 Å². The Morgan fingerprint density at radius 3 is 2.50 bits per heavy atom. The number of pyridine rings is 1. The molecule has 0 amide bonds. The standard InChI is InChI=1S/C17H18N4O2S/c22-24(23,14-15-6-2-1-3-7-15)20-11-13-21-12-10-19-17(21)16-8-4-5-9-18-16/h1-10,12,20H,11,13-14H2. The van der Waals surface area contributed by atoms with Crippen molar-refractivity contribution in [3.05, 3.63) is 72.7 Å². The predicted octanol–water partition coefficient (Wildman–Crippen LogP) is 2.06. The molecule has 24 heavy (non-hydrogen) atoms. The van der Waals surface area contributed by atoms with E-state index in [2.05, 4.69) is 14.7 Å². The summed E-state index contributed by atoms with van der Waals surface area (Å²) in [7, 11) is -3.36. The number of benzene rings is 1. The van der Waals surface area contributed by atoms with Crippen LogP contribution < -0.4 is 4.72 Å². The zero-order chi connectivity index (χ0) is 16.8. The van der Waals surface area contributed by atoms with Crippen molar-refractivity contribution in [1.29, 1.82) is 0 Å². The normalized spacial score (nSPS) is 11.5. The quantitative estimate of drug-likeness (QED) is 0.713. The van der Waals surface area contributed by atoms with E-state index in [1.165, 1.54) is 0 Å². The lowest BCUT2D eigenvalue weighted by molar-refractivity contribution is 0.572. The Kier molecular flexibility index (Phi) is 5.02. The predicted molar refractivity (Wildman–Crippen MR) is 92.5 cm³/mol. The lowest BCUT2D eigenvalue weighted by Crippen LogP contribution is -2.28. The van der Waals surface area contributed by atoms with Crippen molar-refractivity contribution in [3.8, 4) is 11.5 Å². The second-order valence-electron chi connectivity index (χ2n) is 5.30. The van der Waals surface area contributed by atoms with Gasteiger partial charge in [-0.1, -0.05) is 36.4 Å². The van der Waals surface area contributed by atoms with Crippen LogP contribution in [0.15, 0.2) is 67.1 Å². The van der Waals surface area contributed by atoms with Crippen LogP contribution in [-0.2, 0) is 22.3 Å². The lowest BCUT2D eigenvalue weighted by Gasteiger charge is -2.09. The zero-order valence-corrected chi connectivity index (χ0v) is 13.9. The molecule has 0 saturated heterocycles. The van der Waals surface area contributed by atoms with Crippen LogP contribution in [0.5, 0.6) is 0 Å². The summed E-state index contributed by atoms with van der Waals surface area (Å²) in [6.07, 6.45) is 5.20. The molecule has 1 N–H and O–H groups in total. The van der Waals surface area contributed by atoms with Crippen molar-refractivity contribution >= 4 is 10.0 Å². The first-order valence-electron chi connectivity index (χ1n) is 7.58. The van der Waals surface area contributed by atoms with Gasteiger partial charge in [0.05, 0.1) is 5.75 Å². The molecule has 6 nitrogen and oxygen atoms in total. The van der Waals surface area contributed by atoms with Crippen LogP contribution in [0.25, 0.3) is 11.5 Å². The molecule has 0 saturated carbocycles. The van der Waals surface area contributed by atoms with Crippen molar-refractivity contribution in [3.63, 3.8) is 0 Å². The monoisotopic (exact) mass is 342 g/mol. The molecule has 0 bridgehead atoms. The Hall–Kier alpha value is -2.51. The maximum atomic E-state index is 12.1. The van der Waals surface area contributed by atoms with Crippen LogP contribution >= 0.6 is 0 Å². The van der Waals surface area contributed by atoms with Gasteiger partial charge in [0.2, 0.25) is 10.0 Å². The summed E-state index contributed by atoms with van der Waals surface area (Å²) < 4.78 is 28.8. The molecule has 3 aromatic rings. The Morgan fingerprint density at radius 2 is 1.75 bits per heavy atom. The first kappa shape index (κ1) is 16.4. The third kappa shape index (κ3) is 4.27. The van der Waals surface area contributed by atoms with E-state index in [1.807, 2.05) is 47.2 Å². The third-order valence-electron chi connectivity index (χ3n) is 3.48. The number of imidazole rings is 1. The molecule has 0 fully saturated rings. The molecule has 7 heteroatoms. The first-order valence-corrected chi connectivity index (χ1v) is 9.23. The molecular weight excluding hydrogens is 324 g/mol. The minimum absolute atomic E-state index is 0.0229. The molecule has 2 aromatic heterocycles. The van der Waals surface area contributed by atoms with Crippen molar-refractivity contribution in [2.75, 3.05) is 6.54 Å². The summed E-state index contributed by atoms with van der Waals surface area (Å²) in [5.74, 6) is 0.697. The summed E-state index contributed by atoms with van der Waals surface area (Å²) >= 11 is 0. The summed E-state index contributed by atoms with van der Waals surface area (Å²) in [5, 5.41) is 0. The Morgan fingerprint density at radius 1 is 0.958 bits per heavy atom. The van der Waals surface area contributed by atoms with Crippen molar-refractivity contribution < 1.29 is 8.42 Å². The molecule has 0 aliphatic carbocycles. The first-order chi connectivity index (χ1) is 11.6. The van der Waals surface area contributed by atoms with E-state index >= 15 is 0 Å². The topological polar surface area (TPSA) is 76.9 Å². The van der Waals surface area contributed by atoms with Gasteiger partial charge in [-0.2, -0.15) is 0 Å². The third-order valence-corrected chi connectivity index (χ3v) is 4.84. The summed E-state index contributed by atoms with van der Waals surface area (Å²) in [6, 6.07) is 14.7. The molecule has 0 spiro atoms. The smallest absolute Gasteiger partial charge is 0.215 e. The van der Waals surface area contributed by atoms with Crippen LogP contribution in [0.3, 0.4) is 0 Å². The average Bonchev–Trinajstić information content (AvgIpc) is 3.04. The molecular formula is C17H18N4O2S. The Bertz CT molecular complexity index is 877. The van der Waals surface area contributed by atoms with E-state index in [-0.39, 0.29) is 5.75 Å². The van der Waals surface area contributed by atoms with Gasteiger partial charge in [-0.3, -0.25) is 4.98 Å². The molecule has 0 atom stereocenters. The molecule has 124 valence electrons. The number of hydrogen-bond donors (Lipinski definition) is 1. The summed E-state index contributed by atoms with van der Waals surface area (Å²) in [6.45, 7) is 0.783. The highest BCUT2D eigenvalue weighted by atomic mass is 32.2. The van der Waals surface area contributed by atoms with Crippen molar-refractivity contribution in [1.82, 2.24) is 19.3 Å². The van der Waals surface area contributed by atoms with Crippen LogP contribution in [0.1, 0.15) is 5.56 Å². The largest absolute Gasteiger partial charge is 0.328 e. The van der Waals surface area contributed by atoms with Crippen LogP contribution in [0.4, 0.5) is 0 Å². The molecule has 0 aliphatic heterocycles. The summed E-state index contributed by atoms with van der Waals surface area (Å²) in [4.78, 5) is 8.57. The van der Waals surface area contributed by atoms with Crippen molar-refractivity contribution in [2.45, 2.75) is 12.3 Å². The van der Waals surface area contributed by atoms with Gasteiger partial charge in [-0.25, -0.2) is 18.1 Å². The van der Waals surface area contributed by atoms with Crippen LogP contribution in [0.2, 0.25) is 0 Å². The zero-order valence-electron chi connectivity index (χ0n) is 13.0. The molecule has 1 aromatic carbocycles. The molecule has 3 rings (SSSR count). The maximum absolute atomic E-state index is 12.1. The minimum atomic E-state index is -3.36. The van der Waals surface area contributed by atoms with Crippen LogP contribution in [-0.4, -0.2) is 29.5 Å². The van der Waals surface area contributed by atoms with E-state index in [0.717, 1.165) is 17.1 Å². The number of aromatic nitrogens is 3. The van der Waals surface area contributed by atoms with E-state index in [0.29, 0.717) is 13.1 Å². The second kappa shape index (κ2) is 7.37. The number of hydrogen-bond acceptors (Lipinski definition) is 4. The lowest BCUT2D eigenvalue weighted by atomic mass is 10.2. The van der Waals surface area contributed by atoms with Crippen LogP contribution in [0, 0.1) is 0 Å². The highest BCUT2D eigenvalue weighted by Crippen LogP contribution is 2.13. The van der Waals surface area contributed by atoms with E-state index in [4.69, 9.17) is 0 Å². The van der Waals surface area contributed by atoms with E-state index in [1.54, 1.807) is 24.5 Å². The van der Waals surface area contributed by atoms with Gasteiger partial charge >= 0.3 is 0 Å². The number of rotatable bonds is 7. The summed E-state index contributed by atoms with van der Waals surface area (Å²) in [5.41, 5.74) is 1.52. The Balaban J connectivity index is 1.60. The SMILES string of the molecule is O=S(=O)(Cc1ccccc1)NCCn1ccnc1-c1ccccn1. The fourth-order valence-corrected chi connectivity index (χ4v) is 3.52. The number of nitrogens with one attached hydrogen (secondary N) is 1. The molecule has 0 unspecified atom stereocenters. The van der Waals surface area contributed by atoms with Gasteiger partial charge in [-0.05, 0) is 17.7 Å². The fraction of sp³-hybridized carbons (Fsp3) is 0.176. The average molecular weight is 342 g/mol.